The highest BCUT2D eigenvalue weighted by molar-refractivity contribution is 5.58. The van der Waals surface area contributed by atoms with Gasteiger partial charge in [-0.3, -0.25) is 4.98 Å². The summed E-state index contributed by atoms with van der Waals surface area (Å²) in [6.07, 6.45) is 3.91. The van der Waals surface area contributed by atoms with E-state index < -0.39 is 0 Å². The number of rotatable bonds is 7. The summed E-state index contributed by atoms with van der Waals surface area (Å²) in [6.45, 7) is 0.645. The summed E-state index contributed by atoms with van der Waals surface area (Å²) in [5.41, 5.74) is 1.56. The van der Waals surface area contributed by atoms with Crippen molar-refractivity contribution in [3.8, 4) is 11.4 Å². The molecule has 0 amide bonds. The monoisotopic (exact) mass is 314 g/mol. The van der Waals surface area contributed by atoms with Crippen molar-refractivity contribution < 1.29 is 9.84 Å². The zero-order valence-electron chi connectivity index (χ0n) is 12.8. The maximum Gasteiger partial charge on any atom is 0.185 e. The fourth-order valence-electron chi connectivity index (χ4n) is 2.23. The van der Waals surface area contributed by atoms with E-state index in [-0.39, 0.29) is 12.7 Å². The van der Waals surface area contributed by atoms with Gasteiger partial charge in [-0.25, -0.2) is 0 Å². The molecule has 0 radical (unpaired) electrons. The molecule has 0 aliphatic heterocycles. The van der Waals surface area contributed by atoms with Crippen molar-refractivity contribution >= 4 is 11.5 Å². The average Bonchev–Trinajstić information content (AvgIpc) is 3.02. The summed E-state index contributed by atoms with van der Waals surface area (Å²) < 4.78 is 6.98. The minimum absolute atomic E-state index is 0.0712. The lowest BCUT2D eigenvalue weighted by atomic mass is 10.2. The number of pyridine rings is 1. The van der Waals surface area contributed by atoms with Gasteiger partial charge in [0, 0.05) is 38.2 Å². The van der Waals surface area contributed by atoms with E-state index in [0.29, 0.717) is 30.3 Å². The fraction of sp³-hybridized carbons (Fsp3) is 0.333. The second kappa shape index (κ2) is 7.12. The summed E-state index contributed by atoms with van der Waals surface area (Å²) in [5, 5.41) is 25.0. The van der Waals surface area contributed by atoms with E-state index in [0.717, 1.165) is 5.56 Å². The van der Waals surface area contributed by atoms with Gasteiger partial charge in [-0.15, -0.1) is 15.3 Å². The first-order chi connectivity index (χ1) is 11.3. The molecular weight excluding hydrogens is 296 g/mol. The first-order valence-electron chi connectivity index (χ1n) is 7.32. The van der Waals surface area contributed by atoms with Crippen molar-refractivity contribution in [2.24, 2.45) is 0 Å². The van der Waals surface area contributed by atoms with E-state index in [4.69, 9.17) is 9.84 Å². The van der Waals surface area contributed by atoms with Crippen molar-refractivity contribution in [2.75, 3.05) is 25.6 Å². The number of hydrogen-bond acceptors (Lipinski definition) is 7. The van der Waals surface area contributed by atoms with Gasteiger partial charge in [0.05, 0.1) is 6.10 Å². The van der Waals surface area contributed by atoms with E-state index in [1.165, 1.54) is 0 Å². The third kappa shape index (κ3) is 3.43. The summed E-state index contributed by atoms with van der Waals surface area (Å²) in [7, 11) is 1.62. The molecule has 8 nitrogen and oxygen atoms in total. The van der Waals surface area contributed by atoms with Crippen LogP contribution in [0.15, 0.2) is 36.7 Å². The SMILES string of the molecule is COC(CCO)CNc1ccc2nnc(-c3ccncc3)n2n1. The first-order valence-corrected chi connectivity index (χ1v) is 7.32. The highest BCUT2D eigenvalue weighted by Gasteiger charge is 2.11. The molecule has 1 unspecified atom stereocenters. The van der Waals surface area contributed by atoms with Crippen molar-refractivity contribution in [1.29, 1.82) is 0 Å². The van der Waals surface area contributed by atoms with Crippen molar-refractivity contribution in [3.63, 3.8) is 0 Å². The van der Waals surface area contributed by atoms with Gasteiger partial charge in [-0.2, -0.15) is 4.52 Å². The molecule has 3 heterocycles. The lowest BCUT2D eigenvalue weighted by Gasteiger charge is -2.15. The van der Waals surface area contributed by atoms with Crippen LogP contribution in [0.3, 0.4) is 0 Å². The van der Waals surface area contributed by atoms with Gasteiger partial charge in [-0.1, -0.05) is 0 Å². The van der Waals surface area contributed by atoms with Crippen LogP contribution >= 0.6 is 0 Å². The quantitative estimate of drug-likeness (QED) is 0.671. The largest absolute Gasteiger partial charge is 0.396 e. The van der Waals surface area contributed by atoms with E-state index in [1.54, 1.807) is 24.0 Å². The number of anilines is 1. The standard InChI is InChI=1S/C15H18N6O2/c1-23-12(6-9-22)10-17-13-2-3-14-18-19-15(21(14)20-13)11-4-7-16-8-5-11/h2-5,7-8,12,22H,6,9-10H2,1H3,(H,17,20). The van der Waals surface area contributed by atoms with Crippen molar-refractivity contribution in [2.45, 2.75) is 12.5 Å². The van der Waals surface area contributed by atoms with Gasteiger partial charge in [0.25, 0.3) is 0 Å². The number of nitrogens with one attached hydrogen (secondary N) is 1. The van der Waals surface area contributed by atoms with Crippen LogP contribution in [0.25, 0.3) is 17.0 Å². The van der Waals surface area contributed by atoms with E-state index in [2.05, 4.69) is 25.6 Å². The highest BCUT2D eigenvalue weighted by atomic mass is 16.5. The van der Waals surface area contributed by atoms with Crippen LogP contribution < -0.4 is 5.32 Å². The van der Waals surface area contributed by atoms with E-state index in [1.807, 2.05) is 24.3 Å². The molecule has 0 spiro atoms. The van der Waals surface area contributed by atoms with Crippen molar-refractivity contribution in [1.82, 2.24) is 24.8 Å². The van der Waals surface area contributed by atoms with E-state index >= 15 is 0 Å². The molecule has 3 rings (SSSR count). The number of methoxy groups -OCH3 is 1. The summed E-state index contributed by atoms with van der Waals surface area (Å²) in [5.74, 6) is 1.34. The summed E-state index contributed by atoms with van der Waals surface area (Å²) in [4.78, 5) is 4.00. The zero-order chi connectivity index (χ0) is 16.1. The zero-order valence-corrected chi connectivity index (χ0v) is 12.8. The molecular formula is C15H18N6O2. The number of aromatic nitrogens is 5. The Balaban J connectivity index is 1.83. The van der Waals surface area contributed by atoms with Crippen molar-refractivity contribution in [3.05, 3.63) is 36.7 Å². The van der Waals surface area contributed by atoms with Gasteiger partial charge in [0.1, 0.15) is 5.82 Å². The maximum atomic E-state index is 8.99. The van der Waals surface area contributed by atoms with Crippen LogP contribution in [0.1, 0.15) is 6.42 Å². The first kappa shape index (κ1) is 15.3. The van der Waals surface area contributed by atoms with Crippen LogP contribution in [0.4, 0.5) is 5.82 Å². The molecule has 0 aliphatic carbocycles. The molecule has 0 aromatic carbocycles. The Labute approximate surface area is 133 Å². The number of ether oxygens (including phenoxy) is 1. The molecule has 8 heteroatoms. The summed E-state index contributed by atoms with van der Waals surface area (Å²) >= 11 is 0. The van der Waals surface area contributed by atoms with Crippen LogP contribution in [-0.4, -0.2) is 56.3 Å². The molecule has 23 heavy (non-hydrogen) atoms. The van der Waals surface area contributed by atoms with Gasteiger partial charge >= 0.3 is 0 Å². The molecule has 1 atom stereocenters. The molecule has 3 aromatic heterocycles. The van der Waals surface area contributed by atoms with Gasteiger partial charge < -0.3 is 15.2 Å². The second-order valence-corrected chi connectivity index (χ2v) is 5.00. The van der Waals surface area contributed by atoms with Gasteiger partial charge in [-0.05, 0) is 30.7 Å². The molecule has 0 aliphatic rings. The smallest absolute Gasteiger partial charge is 0.185 e. The molecule has 0 fully saturated rings. The normalized spacial score (nSPS) is 12.4. The lowest BCUT2D eigenvalue weighted by Crippen LogP contribution is -2.23. The van der Waals surface area contributed by atoms with Crippen LogP contribution in [0.2, 0.25) is 0 Å². The van der Waals surface area contributed by atoms with Crippen LogP contribution in [0, 0.1) is 0 Å². The van der Waals surface area contributed by atoms with Gasteiger partial charge in [0.2, 0.25) is 0 Å². The Hall–Kier alpha value is -2.58. The predicted octanol–water partition coefficient (Wildman–Crippen LogP) is 0.996. The minimum atomic E-state index is -0.0712. The Morgan fingerprint density at radius 1 is 1.22 bits per heavy atom. The van der Waals surface area contributed by atoms with Crippen LogP contribution in [0.5, 0.6) is 0 Å². The third-order valence-corrected chi connectivity index (χ3v) is 3.50. The Bertz CT molecular complexity index is 761. The number of fused-ring (bicyclic) bond motifs is 1. The molecule has 2 N–H and O–H groups in total. The fourth-order valence-corrected chi connectivity index (χ4v) is 2.23. The number of nitrogens with zero attached hydrogens (tertiary/aromatic N) is 5. The molecule has 0 bridgehead atoms. The van der Waals surface area contributed by atoms with E-state index in [9.17, 15) is 0 Å². The molecule has 120 valence electrons. The average molecular weight is 314 g/mol. The molecule has 0 saturated carbocycles. The number of aliphatic hydroxyl groups is 1. The Kier molecular flexibility index (Phi) is 4.74. The third-order valence-electron chi connectivity index (χ3n) is 3.50. The molecule has 3 aromatic rings. The predicted molar refractivity (Wildman–Crippen MR) is 85.0 cm³/mol. The topological polar surface area (TPSA) is 97.5 Å². The second-order valence-electron chi connectivity index (χ2n) is 5.00. The molecule has 0 saturated heterocycles. The Morgan fingerprint density at radius 2 is 2.04 bits per heavy atom. The van der Waals surface area contributed by atoms with Crippen LogP contribution in [-0.2, 0) is 4.74 Å². The number of aliphatic hydroxyl groups excluding tert-OH is 1. The lowest BCUT2D eigenvalue weighted by molar-refractivity contribution is 0.0870. The minimum Gasteiger partial charge on any atom is -0.396 e. The van der Waals surface area contributed by atoms with Gasteiger partial charge in [0.15, 0.2) is 11.5 Å². The maximum absolute atomic E-state index is 8.99. The highest BCUT2D eigenvalue weighted by Crippen LogP contribution is 2.17. The summed E-state index contributed by atoms with van der Waals surface area (Å²) in [6, 6.07) is 7.41. The number of hydrogen-bond donors (Lipinski definition) is 2. The Morgan fingerprint density at radius 3 is 2.78 bits per heavy atom.